The smallest absolute Gasteiger partial charge is 0.254 e. The van der Waals surface area contributed by atoms with E-state index in [-0.39, 0.29) is 11.9 Å². The van der Waals surface area contributed by atoms with Gasteiger partial charge in [0.15, 0.2) is 0 Å². The van der Waals surface area contributed by atoms with Gasteiger partial charge in [0.2, 0.25) is 5.95 Å². The number of rotatable bonds is 5. The molecule has 2 aliphatic heterocycles. The molecule has 1 fully saturated rings. The van der Waals surface area contributed by atoms with Crippen molar-refractivity contribution in [3.8, 4) is 11.3 Å². The second kappa shape index (κ2) is 8.03. The Morgan fingerprint density at radius 2 is 2.18 bits per heavy atom. The minimum Gasteiger partial charge on any atom is -0.392 e. The van der Waals surface area contributed by atoms with Crippen molar-refractivity contribution in [3.05, 3.63) is 40.5 Å². The van der Waals surface area contributed by atoms with E-state index in [0.29, 0.717) is 35.3 Å². The molecule has 1 amide bonds. The zero-order valence-electron chi connectivity index (χ0n) is 15.7. The van der Waals surface area contributed by atoms with Crippen molar-refractivity contribution >= 4 is 23.5 Å². The van der Waals surface area contributed by atoms with Gasteiger partial charge in [0.05, 0.1) is 23.0 Å². The van der Waals surface area contributed by atoms with Crippen molar-refractivity contribution < 1.29 is 14.6 Å². The Hall–Kier alpha value is -2.22. The molecule has 0 radical (unpaired) electrons. The predicted octanol–water partition coefficient (Wildman–Crippen LogP) is 2.72. The number of fused-ring (bicyclic) bond motifs is 1. The van der Waals surface area contributed by atoms with Gasteiger partial charge in [0.1, 0.15) is 0 Å². The summed E-state index contributed by atoms with van der Waals surface area (Å²) < 4.78 is 5.38. The number of amides is 1. The quantitative estimate of drug-likeness (QED) is 0.799. The van der Waals surface area contributed by atoms with Crippen molar-refractivity contribution in [1.29, 1.82) is 0 Å². The molecule has 1 saturated heterocycles. The monoisotopic (exact) mass is 402 g/mol. The molecule has 1 atom stereocenters. The SMILES string of the molecule is CC(O)CN1Cc2ccc(-c3nc(NC4CCOCC4)ncc3Cl)cc2C1=O. The van der Waals surface area contributed by atoms with Gasteiger partial charge in [0, 0.05) is 43.5 Å². The first-order chi connectivity index (χ1) is 13.5. The number of β-amino-alcohol motifs (C(OH)–C–C–N with tert-alkyl or cyclic N) is 1. The summed E-state index contributed by atoms with van der Waals surface area (Å²) in [6.07, 6.45) is 2.84. The van der Waals surface area contributed by atoms with E-state index in [2.05, 4.69) is 15.3 Å². The lowest BCUT2D eigenvalue weighted by molar-refractivity contribution is 0.0672. The number of hydrogen-bond donors (Lipinski definition) is 2. The second-order valence-electron chi connectivity index (χ2n) is 7.33. The predicted molar refractivity (Wildman–Crippen MR) is 106 cm³/mol. The van der Waals surface area contributed by atoms with Crippen LogP contribution in [-0.2, 0) is 11.3 Å². The Labute approximate surface area is 168 Å². The molecule has 0 saturated carbocycles. The highest BCUT2D eigenvalue weighted by Gasteiger charge is 2.28. The number of benzene rings is 1. The molecule has 1 unspecified atom stereocenters. The number of nitrogens with one attached hydrogen (secondary N) is 1. The van der Waals surface area contributed by atoms with Crippen LogP contribution in [0.4, 0.5) is 5.95 Å². The Kier molecular flexibility index (Phi) is 5.48. The molecule has 2 aromatic rings. The molecule has 1 aromatic carbocycles. The largest absolute Gasteiger partial charge is 0.392 e. The standard InChI is InChI=1S/C20H23ClN4O3/c1-12(26)10-25-11-14-3-2-13(8-16(14)19(25)27)18-17(21)9-22-20(24-18)23-15-4-6-28-7-5-15/h2-3,8-9,12,15,26H,4-7,10-11H2,1H3,(H,22,23,24). The maximum absolute atomic E-state index is 12.7. The molecule has 0 aliphatic carbocycles. The van der Waals surface area contributed by atoms with Crippen LogP contribution in [0.1, 0.15) is 35.7 Å². The van der Waals surface area contributed by atoms with Crippen LogP contribution in [-0.4, -0.2) is 57.8 Å². The molecule has 2 N–H and O–H groups in total. The summed E-state index contributed by atoms with van der Waals surface area (Å²) in [5.74, 6) is 0.442. The Balaban J connectivity index is 1.59. The summed E-state index contributed by atoms with van der Waals surface area (Å²) in [7, 11) is 0. The van der Waals surface area contributed by atoms with Crippen LogP contribution in [0.5, 0.6) is 0 Å². The summed E-state index contributed by atoms with van der Waals surface area (Å²) in [4.78, 5) is 23.2. The van der Waals surface area contributed by atoms with Crippen LogP contribution >= 0.6 is 11.6 Å². The fourth-order valence-corrected chi connectivity index (χ4v) is 3.84. The van der Waals surface area contributed by atoms with E-state index in [1.165, 1.54) is 0 Å². The van der Waals surface area contributed by atoms with Gasteiger partial charge in [-0.15, -0.1) is 0 Å². The van der Waals surface area contributed by atoms with Gasteiger partial charge in [0.25, 0.3) is 5.91 Å². The van der Waals surface area contributed by atoms with E-state index in [9.17, 15) is 9.90 Å². The molecule has 148 valence electrons. The minimum atomic E-state index is -0.562. The Morgan fingerprint density at radius 1 is 1.39 bits per heavy atom. The van der Waals surface area contributed by atoms with Crippen molar-refractivity contribution in [1.82, 2.24) is 14.9 Å². The topological polar surface area (TPSA) is 87.6 Å². The number of anilines is 1. The number of carbonyl (C=O) groups excluding carboxylic acids is 1. The number of ether oxygens (including phenoxy) is 1. The lowest BCUT2D eigenvalue weighted by atomic mass is 10.0. The molecular formula is C20H23ClN4O3. The first-order valence-corrected chi connectivity index (χ1v) is 9.86. The third-order valence-corrected chi connectivity index (χ3v) is 5.32. The van der Waals surface area contributed by atoms with Gasteiger partial charge in [-0.3, -0.25) is 4.79 Å². The van der Waals surface area contributed by atoms with E-state index in [1.807, 2.05) is 18.2 Å². The number of aliphatic hydroxyl groups excluding tert-OH is 1. The van der Waals surface area contributed by atoms with E-state index in [1.54, 1.807) is 18.0 Å². The van der Waals surface area contributed by atoms with Gasteiger partial charge >= 0.3 is 0 Å². The molecule has 2 aliphatic rings. The summed E-state index contributed by atoms with van der Waals surface area (Å²) in [5.41, 5.74) is 2.94. The highest BCUT2D eigenvalue weighted by Crippen LogP contribution is 2.31. The number of halogens is 1. The minimum absolute atomic E-state index is 0.0801. The molecule has 8 heteroatoms. The first-order valence-electron chi connectivity index (χ1n) is 9.48. The first kappa shape index (κ1) is 19.1. The zero-order chi connectivity index (χ0) is 19.7. The summed E-state index contributed by atoms with van der Waals surface area (Å²) in [5, 5.41) is 13.4. The van der Waals surface area contributed by atoms with Crippen LogP contribution in [0.2, 0.25) is 5.02 Å². The third-order valence-electron chi connectivity index (χ3n) is 5.05. The molecule has 0 spiro atoms. The van der Waals surface area contributed by atoms with Crippen LogP contribution in [0.25, 0.3) is 11.3 Å². The molecule has 28 heavy (non-hydrogen) atoms. The van der Waals surface area contributed by atoms with E-state index in [4.69, 9.17) is 16.3 Å². The van der Waals surface area contributed by atoms with E-state index >= 15 is 0 Å². The van der Waals surface area contributed by atoms with Crippen molar-refractivity contribution in [3.63, 3.8) is 0 Å². The number of carbonyl (C=O) groups is 1. The van der Waals surface area contributed by atoms with Crippen molar-refractivity contribution in [2.45, 2.75) is 38.5 Å². The average Bonchev–Trinajstić information content (AvgIpc) is 2.99. The van der Waals surface area contributed by atoms with Gasteiger partial charge in [-0.25, -0.2) is 9.97 Å². The fourth-order valence-electron chi connectivity index (χ4n) is 3.64. The third kappa shape index (κ3) is 3.97. The Bertz CT molecular complexity index is 884. The summed E-state index contributed by atoms with van der Waals surface area (Å²) >= 11 is 6.36. The van der Waals surface area contributed by atoms with Crippen LogP contribution in [0, 0.1) is 0 Å². The molecule has 3 heterocycles. The maximum Gasteiger partial charge on any atom is 0.254 e. The maximum atomic E-state index is 12.7. The lowest BCUT2D eigenvalue weighted by Gasteiger charge is -2.23. The number of nitrogens with zero attached hydrogens (tertiary/aromatic N) is 3. The summed E-state index contributed by atoms with van der Waals surface area (Å²) in [6.45, 7) is 3.96. The molecule has 1 aromatic heterocycles. The second-order valence-corrected chi connectivity index (χ2v) is 7.73. The Morgan fingerprint density at radius 3 is 2.93 bits per heavy atom. The average molecular weight is 403 g/mol. The molecular weight excluding hydrogens is 380 g/mol. The zero-order valence-corrected chi connectivity index (χ0v) is 16.4. The van der Waals surface area contributed by atoms with Crippen molar-refractivity contribution in [2.24, 2.45) is 0 Å². The lowest BCUT2D eigenvalue weighted by Crippen LogP contribution is -2.31. The number of aromatic nitrogens is 2. The highest BCUT2D eigenvalue weighted by atomic mass is 35.5. The molecule has 0 bridgehead atoms. The highest BCUT2D eigenvalue weighted by molar-refractivity contribution is 6.33. The normalized spacial score (nSPS) is 18.2. The van der Waals surface area contributed by atoms with Crippen LogP contribution in [0.3, 0.4) is 0 Å². The number of hydrogen-bond acceptors (Lipinski definition) is 6. The van der Waals surface area contributed by atoms with Crippen LogP contribution < -0.4 is 5.32 Å². The van der Waals surface area contributed by atoms with Crippen molar-refractivity contribution in [2.75, 3.05) is 25.1 Å². The van der Waals surface area contributed by atoms with Crippen LogP contribution in [0.15, 0.2) is 24.4 Å². The van der Waals surface area contributed by atoms with Gasteiger partial charge < -0.3 is 20.1 Å². The van der Waals surface area contributed by atoms with Gasteiger partial charge in [-0.05, 0) is 31.4 Å². The van der Waals surface area contributed by atoms with E-state index in [0.717, 1.165) is 37.2 Å². The molecule has 4 rings (SSSR count). The summed E-state index contributed by atoms with van der Waals surface area (Å²) in [6, 6.07) is 5.95. The van der Waals surface area contributed by atoms with Gasteiger partial charge in [-0.1, -0.05) is 23.7 Å². The van der Waals surface area contributed by atoms with E-state index < -0.39 is 6.10 Å². The molecule has 7 nitrogen and oxygen atoms in total. The fraction of sp³-hybridized carbons (Fsp3) is 0.450. The van der Waals surface area contributed by atoms with Gasteiger partial charge in [-0.2, -0.15) is 0 Å². The number of aliphatic hydroxyl groups is 1.